The fourth-order valence-electron chi connectivity index (χ4n) is 2.93. The number of aromatic nitrogens is 2. The van der Waals surface area contributed by atoms with Gasteiger partial charge in [0, 0.05) is 12.1 Å². The van der Waals surface area contributed by atoms with E-state index < -0.39 is 16.6 Å². The summed E-state index contributed by atoms with van der Waals surface area (Å²) in [6.07, 6.45) is -0.536. The maximum Gasteiger partial charge on any atom is 0.408 e. The number of aryl methyl sites for hydroxylation is 1. The summed E-state index contributed by atoms with van der Waals surface area (Å²) in [5.41, 5.74) is 2.54. The van der Waals surface area contributed by atoms with Gasteiger partial charge >= 0.3 is 6.09 Å². The molecule has 0 aliphatic heterocycles. The number of para-hydroxylation sites is 2. The SMILES string of the molecule is Cc1cc([N+](=O)[O-])ccc1-n1c(CNC(=O)OC(C)(C)C)nc2ccccc21. The Bertz CT molecular complexity index is 1050. The van der Waals surface area contributed by atoms with E-state index in [1.54, 1.807) is 26.8 Å². The molecule has 146 valence electrons. The van der Waals surface area contributed by atoms with E-state index >= 15 is 0 Å². The van der Waals surface area contributed by atoms with E-state index in [0.717, 1.165) is 22.3 Å². The Balaban J connectivity index is 2.01. The van der Waals surface area contributed by atoms with Crippen LogP contribution in [0.2, 0.25) is 0 Å². The highest BCUT2D eigenvalue weighted by Crippen LogP contribution is 2.26. The number of hydrogen-bond donors (Lipinski definition) is 1. The number of carbonyl (C=O) groups excluding carboxylic acids is 1. The van der Waals surface area contributed by atoms with Crippen molar-refractivity contribution in [3.63, 3.8) is 0 Å². The number of nitro benzene ring substituents is 1. The van der Waals surface area contributed by atoms with Crippen molar-refractivity contribution < 1.29 is 14.5 Å². The number of alkyl carbamates (subject to hydrolysis) is 1. The van der Waals surface area contributed by atoms with Crippen molar-refractivity contribution in [1.82, 2.24) is 14.9 Å². The van der Waals surface area contributed by atoms with E-state index in [9.17, 15) is 14.9 Å². The number of hydrogen-bond acceptors (Lipinski definition) is 5. The average molecular weight is 382 g/mol. The third-order valence-electron chi connectivity index (χ3n) is 4.05. The van der Waals surface area contributed by atoms with E-state index in [1.165, 1.54) is 12.1 Å². The van der Waals surface area contributed by atoms with Gasteiger partial charge in [-0.3, -0.25) is 14.7 Å². The monoisotopic (exact) mass is 382 g/mol. The molecule has 0 aliphatic rings. The first-order valence-electron chi connectivity index (χ1n) is 8.84. The van der Waals surface area contributed by atoms with Crippen LogP contribution in [0.3, 0.4) is 0 Å². The Hall–Kier alpha value is -3.42. The van der Waals surface area contributed by atoms with Crippen LogP contribution in [0.5, 0.6) is 0 Å². The molecule has 1 amide bonds. The third-order valence-corrected chi connectivity index (χ3v) is 4.05. The lowest BCUT2D eigenvalue weighted by atomic mass is 10.1. The van der Waals surface area contributed by atoms with Crippen LogP contribution in [0.1, 0.15) is 32.2 Å². The molecule has 3 aromatic rings. The highest BCUT2D eigenvalue weighted by Gasteiger charge is 2.19. The van der Waals surface area contributed by atoms with Crippen LogP contribution in [-0.4, -0.2) is 26.2 Å². The Labute approximate surface area is 162 Å². The highest BCUT2D eigenvalue weighted by atomic mass is 16.6. The largest absolute Gasteiger partial charge is 0.444 e. The van der Waals surface area contributed by atoms with Crippen molar-refractivity contribution in [2.45, 2.75) is 39.8 Å². The quantitative estimate of drug-likeness (QED) is 0.537. The third kappa shape index (κ3) is 4.11. The van der Waals surface area contributed by atoms with Crippen LogP contribution in [0.15, 0.2) is 42.5 Å². The zero-order chi connectivity index (χ0) is 20.5. The summed E-state index contributed by atoms with van der Waals surface area (Å²) < 4.78 is 7.18. The number of benzene rings is 2. The Morgan fingerprint density at radius 1 is 1.25 bits per heavy atom. The number of carbonyl (C=O) groups is 1. The number of fused-ring (bicyclic) bond motifs is 1. The Morgan fingerprint density at radius 2 is 1.96 bits per heavy atom. The van der Waals surface area contributed by atoms with Crippen molar-refractivity contribution in [1.29, 1.82) is 0 Å². The summed E-state index contributed by atoms with van der Waals surface area (Å²) in [5.74, 6) is 0.601. The average Bonchev–Trinajstić information content (AvgIpc) is 2.96. The maximum absolute atomic E-state index is 12.0. The molecule has 0 radical (unpaired) electrons. The summed E-state index contributed by atoms with van der Waals surface area (Å²) in [6, 6.07) is 12.2. The summed E-state index contributed by atoms with van der Waals surface area (Å²) in [5, 5.41) is 13.8. The molecule has 1 aromatic heterocycles. The van der Waals surface area contributed by atoms with Gasteiger partial charge in [0.25, 0.3) is 5.69 Å². The second-order valence-electron chi connectivity index (χ2n) is 7.44. The van der Waals surface area contributed by atoms with Crippen LogP contribution in [0.25, 0.3) is 16.7 Å². The minimum absolute atomic E-state index is 0.0269. The van der Waals surface area contributed by atoms with E-state index in [2.05, 4.69) is 10.3 Å². The molecule has 0 atom stereocenters. The first-order valence-corrected chi connectivity index (χ1v) is 8.84. The second kappa shape index (κ2) is 7.30. The van der Waals surface area contributed by atoms with Crippen molar-refractivity contribution in [3.05, 3.63) is 64.0 Å². The molecule has 1 N–H and O–H groups in total. The molecule has 3 rings (SSSR count). The maximum atomic E-state index is 12.0. The predicted molar refractivity (Wildman–Crippen MR) is 106 cm³/mol. The fourth-order valence-corrected chi connectivity index (χ4v) is 2.93. The Kier molecular flexibility index (Phi) is 5.04. The first kappa shape index (κ1) is 19.3. The fraction of sp³-hybridized carbons (Fsp3) is 0.300. The molecule has 0 unspecified atom stereocenters. The van der Waals surface area contributed by atoms with Crippen molar-refractivity contribution in [2.24, 2.45) is 0 Å². The van der Waals surface area contributed by atoms with Gasteiger partial charge in [0.15, 0.2) is 0 Å². The van der Waals surface area contributed by atoms with Crippen LogP contribution in [-0.2, 0) is 11.3 Å². The van der Waals surface area contributed by atoms with Gasteiger partial charge in [-0.2, -0.15) is 0 Å². The summed E-state index contributed by atoms with van der Waals surface area (Å²) in [4.78, 5) is 27.3. The molecule has 1 heterocycles. The molecular weight excluding hydrogens is 360 g/mol. The lowest BCUT2D eigenvalue weighted by molar-refractivity contribution is -0.384. The topological polar surface area (TPSA) is 99.3 Å². The number of amides is 1. The molecule has 28 heavy (non-hydrogen) atoms. The molecule has 0 fully saturated rings. The second-order valence-corrected chi connectivity index (χ2v) is 7.44. The number of nitrogens with zero attached hydrogens (tertiary/aromatic N) is 3. The molecule has 8 nitrogen and oxygen atoms in total. The van der Waals surface area contributed by atoms with Gasteiger partial charge in [0.05, 0.1) is 28.2 Å². The zero-order valence-corrected chi connectivity index (χ0v) is 16.2. The van der Waals surface area contributed by atoms with Gasteiger partial charge in [-0.1, -0.05) is 12.1 Å². The lowest BCUT2D eigenvalue weighted by Crippen LogP contribution is -2.32. The lowest BCUT2D eigenvalue weighted by Gasteiger charge is -2.20. The smallest absolute Gasteiger partial charge is 0.408 e. The van der Waals surface area contributed by atoms with Crippen LogP contribution < -0.4 is 5.32 Å². The molecule has 0 spiro atoms. The number of rotatable bonds is 4. The van der Waals surface area contributed by atoms with Crippen LogP contribution in [0, 0.1) is 17.0 Å². The van der Waals surface area contributed by atoms with Crippen LogP contribution in [0.4, 0.5) is 10.5 Å². The molecule has 2 aromatic carbocycles. The normalized spacial score (nSPS) is 11.4. The molecule has 0 aliphatic carbocycles. The number of imidazole rings is 1. The van der Waals surface area contributed by atoms with Gasteiger partial charge in [-0.15, -0.1) is 0 Å². The summed E-state index contributed by atoms with van der Waals surface area (Å²) >= 11 is 0. The highest BCUT2D eigenvalue weighted by molar-refractivity contribution is 5.79. The van der Waals surface area contributed by atoms with Crippen molar-refractivity contribution in [3.8, 4) is 5.69 Å². The van der Waals surface area contributed by atoms with Gasteiger partial charge in [-0.25, -0.2) is 9.78 Å². The summed E-state index contributed by atoms with van der Waals surface area (Å²) in [7, 11) is 0. The first-order chi connectivity index (χ1) is 13.2. The minimum atomic E-state index is -0.598. The zero-order valence-electron chi connectivity index (χ0n) is 16.2. The van der Waals surface area contributed by atoms with E-state index in [1.807, 2.05) is 35.8 Å². The molecule has 0 saturated heterocycles. The molecular formula is C20H22N4O4. The van der Waals surface area contributed by atoms with Gasteiger partial charge in [0.2, 0.25) is 0 Å². The Morgan fingerprint density at radius 3 is 2.61 bits per heavy atom. The van der Waals surface area contributed by atoms with Crippen molar-refractivity contribution >= 4 is 22.8 Å². The van der Waals surface area contributed by atoms with E-state index in [4.69, 9.17) is 4.74 Å². The summed E-state index contributed by atoms with van der Waals surface area (Å²) in [6.45, 7) is 7.34. The standard InChI is InChI=1S/C20H22N4O4/c1-13-11-14(24(26)27)9-10-16(13)23-17-8-6-5-7-15(17)22-18(23)12-21-19(25)28-20(2,3)4/h5-11H,12H2,1-4H3,(H,21,25). The number of ether oxygens (including phenoxy) is 1. The number of nitrogens with one attached hydrogen (secondary N) is 1. The van der Waals surface area contributed by atoms with Crippen molar-refractivity contribution in [2.75, 3.05) is 0 Å². The van der Waals surface area contributed by atoms with Gasteiger partial charge < -0.3 is 10.1 Å². The van der Waals surface area contributed by atoms with E-state index in [-0.39, 0.29) is 12.2 Å². The van der Waals surface area contributed by atoms with Crippen LogP contribution >= 0.6 is 0 Å². The van der Waals surface area contributed by atoms with Gasteiger partial charge in [-0.05, 0) is 51.5 Å². The molecule has 8 heteroatoms. The van der Waals surface area contributed by atoms with E-state index in [0.29, 0.717) is 5.82 Å². The molecule has 0 saturated carbocycles. The predicted octanol–water partition coefficient (Wildman–Crippen LogP) is 4.27. The number of non-ortho nitro benzene ring substituents is 1. The minimum Gasteiger partial charge on any atom is -0.444 e. The van der Waals surface area contributed by atoms with Gasteiger partial charge in [0.1, 0.15) is 11.4 Å². The number of nitro groups is 1. The molecule has 0 bridgehead atoms.